The van der Waals surface area contributed by atoms with Gasteiger partial charge in [-0.25, -0.2) is 9.59 Å². The third kappa shape index (κ3) is 5.67. The minimum atomic E-state index is -1.40. The fraction of sp³-hybridized carbons (Fsp3) is 0.667. The predicted octanol–water partition coefficient (Wildman–Crippen LogP) is -1.08. The largest absolute Gasteiger partial charge is 0.480 e. The molecule has 1 rings (SSSR count). The number of hydrogen-bond donors (Lipinski definition) is 3. The zero-order chi connectivity index (χ0) is 15.8. The molecule has 118 valence electrons. The van der Waals surface area contributed by atoms with Crippen LogP contribution in [-0.2, 0) is 19.1 Å². The maximum Gasteiger partial charge on any atom is 0.326 e. The molecule has 0 saturated carbocycles. The van der Waals surface area contributed by atoms with Crippen LogP contribution in [0.4, 0.5) is 4.79 Å². The number of carbonyl (C=O) groups excluding carboxylic acids is 3. The molecule has 0 unspecified atom stereocenters. The number of rotatable bonds is 6. The number of ether oxygens (including phenoxy) is 1. The van der Waals surface area contributed by atoms with Crippen LogP contribution in [0.2, 0.25) is 0 Å². The monoisotopic (exact) mass is 301 g/mol. The van der Waals surface area contributed by atoms with E-state index in [9.17, 15) is 19.2 Å². The molecule has 1 heterocycles. The van der Waals surface area contributed by atoms with Crippen molar-refractivity contribution in [3.05, 3.63) is 0 Å². The number of hydrogen-bond acceptors (Lipinski definition) is 5. The molecule has 1 saturated heterocycles. The predicted molar refractivity (Wildman–Crippen MR) is 70.4 cm³/mol. The third-order valence-electron chi connectivity index (χ3n) is 3.06. The van der Waals surface area contributed by atoms with E-state index in [1.165, 1.54) is 0 Å². The van der Waals surface area contributed by atoms with Gasteiger partial charge < -0.3 is 25.4 Å². The summed E-state index contributed by atoms with van der Waals surface area (Å²) in [6.45, 7) is 1.13. The van der Waals surface area contributed by atoms with Gasteiger partial charge in [0.1, 0.15) is 6.04 Å². The summed E-state index contributed by atoms with van der Waals surface area (Å²) in [6, 6.07) is -2.22. The van der Waals surface area contributed by atoms with Gasteiger partial charge in [-0.05, 0) is 12.8 Å². The molecule has 0 spiro atoms. The van der Waals surface area contributed by atoms with Crippen LogP contribution >= 0.6 is 0 Å². The van der Waals surface area contributed by atoms with Crippen LogP contribution in [-0.4, -0.2) is 66.7 Å². The molecule has 0 aromatic rings. The normalized spacial score (nSPS) is 15.2. The van der Waals surface area contributed by atoms with Gasteiger partial charge in [-0.2, -0.15) is 0 Å². The number of aliphatic carboxylic acids is 1. The van der Waals surface area contributed by atoms with E-state index in [0.717, 1.165) is 20.0 Å². The minimum Gasteiger partial charge on any atom is -0.480 e. The number of carboxylic acids is 1. The summed E-state index contributed by atoms with van der Waals surface area (Å²) < 4.78 is 4.34. The molecular weight excluding hydrogens is 282 g/mol. The second-order valence-electron chi connectivity index (χ2n) is 4.59. The van der Waals surface area contributed by atoms with E-state index in [-0.39, 0.29) is 12.5 Å². The molecule has 21 heavy (non-hydrogen) atoms. The lowest BCUT2D eigenvalue weighted by molar-refractivity contribution is -0.147. The number of nitrogens with one attached hydrogen (secondary N) is 2. The van der Waals surface area contributed by atoms with Gasteiger partial charge >= 0.3 is 18.0 Å². The molecule has 9 heteroatoms. The summed E-state index contributed by atoms with van der Waals surface area (Å²) in [5, 5.41) is 13.3. The molecule has 1 fully saturated rings. The summed E-state index contributed by atoms with van der Waals surface area (Å²) in [5.41, 5.74) is 0. The van der Waals surface area contributed by atoms with Crippen molar-refractivity contribution in [2.45, 2.75) is 25.3 Å². The summed E-state index contributed by atoms with van der Waals surface area (Å²) in [7, 11) is 1.12. The van der Waals surface area contributed by atoms with Crippen molar-refractivity contribution in [3.8, 4) is 0 Å². The zero-order valence-electron chi connectivity index (χ0n) is 11.8. The van der Waals surface area contributed by atoms with Gasteiger partial charge in [0.05, 0.1) is 20.1 Å². The van der Waals surface area contributed by atoms with Crippen molar-refractivity contribution in [1.82, 2.24) is 15.5 Å². The number of likely N-dealkylation sites (tertiary alicyclic amines) is 1. The Bertz CT molecular complexity index is 419. The molecule has 0 aromatic carbocycles. The average Bonchev–Trinajstić information content (AvgIpc) is 2.97. The Morgan fingerprint density at radius 2 is 1.86 bits per heavy atom. The highest BCUT2D eigenvalue weighted by molar-refractivity contribution is 5.88. The maximum atomic E-state index is 11.7. The van der Waals surface area contributed by atoms with Crippen LogP contribution in [0.1, 0.15) is 19.3 Å². The smallest absolute Gasteiger partial charge is 0.326 e. The Hall–Kier alpha value is -2.32. The Morgan fingerprint density at radius 3 is 2.38 bits per heavy atom. The van der Waals surface area contributed by atoms with Crippen LogP contribution in [0.5, 0.6) is 0 Å². The molecule has 1 aliphatic heterocycles. The van der Waals surface area contributed by atoms with Crippen molar-refractivity contribution in [2.24, 2.45) is 0 Å². The van der Waals surface area contributed by atoms with E-state index in [0.29, 0.717) is 13.1 Å². The molecule has 0 bridgehead atoms. The highest BCUT2D eigenvalue weighted by Gasteiger charge is 2.24. The Morgan fingerprint density at radius 1 is 1.24 bits per heavy atom. The first-order chi connectivity index (χ1) is 9.93. The number of esters is 1. The number of carbonyl (C=O) groups is 4. The fourth-order valence-corrected chi connectivity index (χ4v) is 1.89. The van der Waals surface area contributed by atoms with E-state index >= 15 is 0 Å². The molecule has 1 aliphatic rings. The Balaban J connectivity index is 2.37. The van der Waals surface area contributed by atoms with E-state index in [1.54, 1.807) is 4.90 Å². The highest BCUT2D eigenvalue weighted by atomic mass is 16.5. The standard InChI is InChI=1S/C12H19N3O6/c1-21-10(17)6-8(11(18)19)14-12(20)13-7-9(16)15-4-2-3-5-15/h8H,2-7H2,1H3,(H,18,19)(H2,13,14,20)/t8-/m0/s1. The molecule has 0 aromatic heterocycles. The number of carboxylic acid groups (broad SMARTS) is 1. The Labute approximate surface area is 121 Å². The lowest BCUT2D eigenvalue weighted by Gasteiger charge is -2.17. The van der Waals surface area contributed by atoms with Crippen LogP contribution < -0.4 is 10.6 Å². The fourth-order valence-electron chi connectivity index (χ4n) is 1.89. The van der Waals surface area contributed by atoms with Crippen molar-refractivity contribution in [1.29, 1.82) is 0 Å². The molecule has 1 atom stereocenters. The SMILES string of the molecule is COC(=O)C[C@H](NC(=O)NCC(=O)N1CCCC1)C(=O)O. The van der Waals surface area contributed by atoms with Crippen molar-refractivity contribution in [3.63, 3.8) is 0 Å². The van der Waals surface area contributed by atoms with Crippen LogP contribution in [0, 0.1) is 0 Å². The zero-order valence-corrected chi connectivity index (χ0v) is 11.8. The van der Waals surface area contributed by atoms with Gasteiger partial charge in [0.25, 0.3) is 0 Å². The lowest BCUT2D eigenvalue weighted by Crippen LogP contribution is -2.49. The van der Waals surface area contributed by atoms with Gasteiger partial charge in [-0.15, -0.1) is 0 Å². The van der Waals surface area contributed by atoms with Gasteiger partial charge in [0.15, 0.2) is 0 Å². The quantitative estimate of drug-likeness (QED) is 0.536. The van der Waals surface area contributed by atoms with Gasteiger partial charge in [0.2, 0.25) is 5.91 Å². The van der Waals surface area contributed by atoms with Gasteiger partial charge in [-0.3, -0.25) is 9.59 Å². The van der Waals surface area contributed by atoms with E-state index < -0.39 is 30.4 Å². The number of urea groups is 1. The van der Waals surface area contributed by atoms with Gasteiger partial charge in [-0.1, -0.05) is 0 Å². The molecule has 0 radical (unpaired) electrons. The first kappa shape index (κ1) is 16.7. The molecule has 9 nitrogen and oxygen atoms in total. The summed E-state index contributed by atoms with van der Waals surface area (Å²) >= 11 is 0. The first-order valence-corrected chi connectivity index (χ1v) is 6.55. The lowest BCUT2D eigenvalue weighted by atomic mass is 10.2. The summed E-state index contributed by atoms with van der Waals surface area (Å²) in [6.07, 6.45) is 1.40. The van der Waals surface area contributed by atoms with E-state index in [2.05, 4.69) is 15.4 Å². The molecule has 3 N–H and O–H groups in total. The maximum absolute atomic E-state index is 11.7. The second-order valence-corrected chi connectivity index (χ2v) is 4.59. The van der Waals surface area contributed by atoms with Crippen LogP contribution in [0.25, 0.3) is 0 Å². The number of amides is 3. The third-order valence-corrected chi connectivity index (χ3v) is 3.06. The molecule has 3 amide bonds. The topological polar surface area (TPSA) is 125 Å². The second kappa shape index (κ2) is 8.08. The van der Waals surface area contributed by atoms with E-state index in [4.69, 9.17) is 5.11 Å². The number of nitrogens with zero attached hydrogens (tertiary/aromatic N) is 1. The van der Waals surface area contributed by atoms with Crippen molar-refractivity contribution in [2.75, 3.05) is 26.7 Å². The Kier molecular flexibility index (Phi) is 6.44. The minimum absolute atomic E-state index is 0.212. The van der Waals surface area contributed by atoms with E-state index in [1.807, 2.05) is 0 Å². The molecular formula is C12H19N3O6. The number of methoxy groups -OCH3 is 1. The molecule has 0 aliphatic carbocycles. The summed E-state index contributed by atoms with van der Waals surface area (Å²) in [4.78, 5) is 46.8. The van der Waals surface area contributed by atoms with Gasteiger partial charge in [0, 0.05) is 13.1 Å². The van der Waals surface area contributed by atoms with Crippen molar-refractivity contribution >= 4 is 23.9 Å². The summed E-state index contributed by atoms with van der Waals surface area (Å²) in [5.74, 6) is -2.33. The average molecular weight is 301 g/mol. The highest BCUT2D eigenvalue weighted by Crippen LogP contribution is 2.06. The van der Waals surface area contributed by atoms with Crippen LogP contribution in [0.15, 0.2) is 0 Å². The van der Waals surface area contributed by atoms with Crippen molar-refractivity contribution < 1.29 is 29.0 Å². The van der Waals surface area contributed by atoms with Crippen LogP contribution in [0.3, 0.4) is 0 Å². The first-order valence-electron chi connectivity index (χ1n) is 6.55.